The Kier molecular flexibility index (Phi) is 9.43. The average molecular weight is 670 g/mol. The number of carbonyl (C=O) groups is 3. The zero-order valence-electron chi connectivity index (χ0n) is 31.9. The Balaban J connectivity index is 1.41. The van der Waals surface area contributed by atoms with Crippen LogP contribution in [0.1, 0.15) is 146 Å². The van der Waals surface area contributed by atoms with Crippen molar-refractivity contribution in [1.29, 1.82) is 0 Å². The minimum Gasteiger partial charge on any atom is -0.481 e. The number of rotatable bonds is 9. The second kappa shape index (κ2) is 12.1. The minimum atomic E-state index is -1.15. The molecule has 5 aliphatic rings. The standard InChI is InChI=1S/C41H67NO6/c1-25(2)26-14-19-41(22-31(44)42-36(5,6)24-43)21-20-39(10)27(33(26)41)12-13-29-38(9)17-16-30(48-32(45)23-35(3,4)34(46)47)37(7,8)28(38)15-18-40(29,39)11/h26-30,33,43H,1,12-24H2,2-11H3,(H,42,44)(H,46,47)/t26-,27+,28-,29+,30?,33+,38-,39+,40+,41+/m0/s1. The highest BCUT2D eigenvalue weighted by Crippen LogP contribution is 2.78. The molecular weight excluding hydrogens is 602 g/mol. The molecule has 0 bridgehead atoms. The first-order valence-corrected chi connectivity index (χ1v) is 19.0. The number of nitrogens with one attached hydrogen (secondary N) is 1. The van der Waals surface area contributed by atoms with Crippen molar-refractivity contribution < 1.29 is 29.3 Å². The molecule has 48 heavy (non-hydrogen) atoms. The molecule has 272 valence electrons. The molecular formula is C41H67NO6. The number of amides is 1. The largest absolute Gasteiger partial charge is 0.481 e. The van der Waals surface area contributed by atoms with Crippen LogP contribution in [0.2, 0.25) is 0 Å². The number of ether oxygens (including phenoxy) is 1. The number of allylic oxidation sites excluding steroid dienone is 1. The molecule has 1 amide bonds. The summed E-state index contributed by atoms with van der Waals surface area (Å²) in [5.74, 6) is 1.10. The third-order valence-corrected chi connectivity index (χ3v) is 16.0. The molecule has 0 radical (unpaired) electrons. The van der Waals surface area contributed by atoms with Gasteiger partial charge in [0, 0.05) is 11.8 Å². The maximum atomic E-state index is 13.6. The topological polar surface area (TPSA) is 113 Å². The number of hydrogen-bond donors (Lipinski definition) is 3. The maximum Gasteiger partial charge on any atom is 0.309 e. The molecule has 0 aromatic rings. The summed E-state index contributed by atoms with van der Waals surface area (Å²) in [6.07, 6.45) is 11.1. The van der Waals surface area contributed by atoms with Crippen LogP contribution in [0.3, 0.4) is 0 Å². The third-order valence-electron chi connectivity index (χ3n) is 16.0. The first-order valence-electron chi connectivity index (χ1n) is 19.0. The summed E-state index contributed by atoms with van der Waals surface area (Å²) < 4.78 is 6.16. The van der Waals surface area contributed by atoms with E-state index in [0.717, 1.165) is 51.4 Å². The highest BCUT2D eigenvalue weighted by atomic mass is 16.5. The van der Waals surface area contributed by atoms with Gasteiger partial charge in [-0.2, -0.15) is 0 Å². The molecule has 7 heteroatoms. The zero-order valence-corrected chi connectivity index (χ0v) is 31.9. The van der Waals surface area contributed by atoms with Gasteiger partial charge in [0.1, 0.15) is 6.10 Å². The highest BCUT2D eigenvalue weighted by Gasteiger charge is 2.71. The van der Waals surface area contributed by atoms with Crippen molar-refractivity contribution >= 4 is 17.8 Å². The lowest BCUT2D eigenvalue weighted by Gasteiger charge is -2.73. The van der Waals surface area contributed by atoms with E-state index in [9.17, 15) is 24.6 Å². The highest BCUT2D eigenvalue weighted by molar-refractivity contribution is 5.81. The fourth-order valence-electron chi connectivity index (χ4n) is 13.2. The fourth-order valence-corrected chi connectivity index (χ4v) is 13.2. The number of aliphatic hydroxyl groups excluding tert-OH is 1. The quantitative estimate of drug-likeness (QED) is 0.168. The van der Waals surface area contributed by atoms with Gasteiger partial charge in [0.15, 0.2) is 0 Å². The fraction of sp³-hybridized carbons (Fsp3) is 0.878. The van der Waals surface area contributed by atoms with Crippen LogP contribution in [0, 0.1) is 62.1 Å². The Morgan fingerprint density at radius 2 is 1.52 bits per heavy atom. The second-order valence-electron chi connectivity index (χ2n) is 20.0. The molecule has 0 aromatic heterocycles. The first-order chi connectivity index (χ1) is 22.0. The molecule has 0 aromatic carbocycles. The zero-order chi connectivity index (χ0) is 35.9. The van der Waals surface area contributed by atoms with Crippen molar-refractivity contribution in [1.82, 2.24) is 5.32 Å². The van der Waals surface area contributed by atoms with Crippen molar-refractivity contribution in [2.45, 2.75) is 158 Å². The Bertz CT molecular complexity index is 1320. The monoisotopic (exact) mass is 669 g/mol. The normalized spacial score (nSPS) is 42.0. The maximum absolute atomic E-state index is 13.6. The Hall–Kier alpha value is -1.89. The smallest absolute Gasteiger partial charge is 0.309 e. The molecule has 5 fully saturated rings. The average Bonchev–Trinajstić information content (AvgIpc) is 3.33. The van der Waals surface area contributed by atoms with Gasteiger partial charge in [-0.25, -0.2) is 0 Å². The Labute approximate surface area is 290 Å². The molecule has 0 spiro atoms. The molecule has 0 heterocycles. The van der Waals surface area contributed by atoms with E-state index in [1.165, 1.54) is 18.4 Å². The van der Waals surface area contributed by atoms with E-state index in [0.29, 0.717) is 36.0 Å². The van der Waals surface area contributed by atoms with Crippen LogP contribution >= 0.6 is 0 Å². The Morgan fingerprint density at radius 3 is 2.12 bits per heavy atom. The van der Waals surface area contributed by atoms with Crippen molar-refractivity contribution in [3.63, 3.8) is 0 Å². The van der Waals surface area contributed by atoms with Gasteiger partial charge < -0.3 is 20.3 Å². The van der Waals surface area contributed by atoms with Gasteiger partial charge >= 0.3 is 11.9 Å². The van der Waals surface area contributed by atoms with Gasteiger partial charge in [-0.1, -0.05) is 46.8 Å². The number of carboxylic acid groups (broad SMARTS) is 1. The lowest BCUT2D eigenvalue weighted by molar-refractivity contribution is -0.250. The molecule has 5 saturated carbocycles. The van der Waals surface area contributed by atoms with Gasteiger partial charge in [0.05, 0.1) is 24.0 Å². The summed E-state index contributed by atoms with van der Waals surface area (Å²) in [4.78, 5) is 38.3. The van der Waals surface area contributed by atoms with E-state index in [4.69, 9.17) is 4.74 Å². The van der Waals surface area contributed by atoms with Gasteiger partial charge in [-0.15, -0.1) is 0 Å². The van der Waals surface area contributed by atoms with Gasteiger partial charge in [-0.05, 0) is 150 Å². The van der Waals surface area contributed by atoms with E-state index >= 15 is 0 Å². The van der Waals surface area contributed by atoms with E-state index in [2.05, 4.69) is 53.4 Å². The lowest BCUT2D eigenvalue weighted by Crippen LogP contribution is -2.67. The molecule has 5 rings (SSSR count). The molecule has 3 N–H and O–H groups in total. The molecule has 1 unspecified atom stereocenters. The Morgan fingerprint density at radius 1 is 0.854 bits per heavy atom. The molecule has 5 aliphatic carbocycles. The van der Waals surface area contributed by atoms with E-state index in [1.54, 1.807) is 13.8 Å². The van der Waals surface area contributed by atoms with Crippen LogP contribution in [-0.2, 0) is 19.1 Å². The summed E-state index contributed by atoms with van der Waals surface area (Å²) >= 11 is 0. The summed E-state index contributed by atoms with van der Waals surface area (Å²) in [5, 5.41) is 22.6. The number of aliphatic carboxylic acids is 1. The van der Waals surface area contributed by atoms with Crippen LogP contribution in [0.4, 0.5) is 0 Å². The summed E-state index contributed by atoms with van der Waals surface area (Å²) in [6, 6.07) is 0. The van der Waals surface area contributed by atoms with Gasteiger partial charge in [0.25, 0.3) is 0 Å². The molecule has 10 atom stereocenters. The molecule has 0 saturated heterocycles. The number of hydrogen-bond acceptors (Lipinski definition) is 5. The summed E-state index contributed by atoms with van der Waals surface area (Å²) in [7, 11) is 0. The number of aliphatic hydroxyl groups is 1. The number of carbonyl (C=O) groups excluding carboxylic acids is 2. The number of carboxylic acids is 1. The van der Waals surface area contributed by atoms with Crippen molar-refractivity contribution in [2.24, 2.45) is 62.1 Å². The van der Waals surface area contributed by atoms with Crippen LogP contribution in [0.15, 0.2) is 12.2 Å². The number of esters is 1. The SMILES string of the molecule is C=C(C)[C@@H]1CC[C@]2(CC(=O)NC(C)(C)CO)CC[C@]3(C)[C@H](CC[C@@H]4[C@@]5(C)CCC(OC(=O)CC(C)(C)C(=O)O)C(C)(C)[C@@H]5CC[C@]43C)[C@@H]12. The lowest BCUT2D eigenvalue weighted by atomic mass is 9.32. The van der Waals surface area contributed by atoms with Crippen molar-refractivity contribution in [3.05, 3.63) is 12.2 Å². The van der Waals surface area contributed by atoms with Gasteiger partial charge in [-0.3, -0.25) is 14.4 Å². The predicted molar refractivity (Wildman–Crippen MR) is 189 cm³/mol. The number of fused-ring (bicyclic) bond motifs is 7. The second-order valence-corrected chi connectivity index (χ2v) is 20.0. The minimum absolute atomic E-state index is 0.0210. The van der Waals surface area contributed by atoms with E-state index < -0.39 is 22.9 Å². The van der Waals surface area contributed by atoms with Crippen molar-refractivity contribution in [3.8, 4) is 0 Å². The molecule has 0 aliphatic heterocycles. The van der Waals surface area contributed by atoms with E-state index in [-0.39, 0.29) is 52.1 Å². The van der Waals surface area contributed by atoms with Crippen LogP contribution in [-0.4, -0.2) is 46.3 Å². The van der Waals surface area contributed by atoms with Crippen molar-refractivity contribution in [2.75, 3.05) is 6.61 Å². The van der Waals surface area contributed by atoms with E-state index in [1.807, 2.05) is 13.8 Å². The predicted octanol–water partition coefficient (Wildman–Crippen LogP) is 8.33. The summed E-state index contributed by atoms with van der Waals surface area (Å²) in [5.41, 5.74) is -0.276. The summed E-state index contributed by atoms with van der Waals surface area (Å²) in [6.45, 7) is 26.0. The van der Waals surface area contributed by atoms with Gasteiger partial charge in [0.2, 0.25) is 5.91 Å². The van der Waals surface area contributed by atoms with Crippen LogP contribution in [0.25, 0.3) is 0 Å². The molecule has 7 nitrogen and oxygen atoms in total. The first kappa shape index (κ1) is 37.4. The van der Waals surface area contributed by atoms with Crippen LogP contribution in [0.5, 0.6) is 0 Å². The van der Waals surface area contributed by atoms with Crippen LogP contribution < -0.4 is 5.32 Å². The third kappa shape index (κ3) is 5.78.